The van der Waals surface area contributed by atoms with E-state index in [-0.39, 0.29) is 0 Å². The first-order valence-electron chi connectivity index (χ1n) is 15.5. The molecular formula is C34H44N6O. The van der Waals surface area contributed by atoms with E-state index < -0.39 is 0 Å². The quantitative estimate of drug-likeness (QED) is 0.163. The molecule has 41 heavy (non-hydrogen) atoms. The van der Waals surface area contributed by atoms with Gasteiger partial charge in [0.1, 0.15) is 29.3 Å². The van der Waals surface area contributed by atoms with Crippen molar-refractivity contribution in [2.24, 2.45) is 11.8 Å². The molecule has 7 heteroatoms. The number of nitrogens with one attached hydrogen (secondary N) is 2. The number of fused-ring (bicyclic) bond motifs is 1. The molecule has 2 aliphatic rings. The molecular weight excluding hydrogens is 508 g/mol. The van der Waals surface area contributed by atoms with E-state index in [4.69, 9.17) is 4.74 Å². The van der Waals surface area contributed by atoms with Crippen LogP contribution in [0.25, 0.3) is 11.0 Å². The normalized spacial score (nSPS) is 18.8. The Kier molecular flexibility index (Phi) is 9.13. The predicted octanol–water partition coefficient (Wildman–Crippen LogP) is 6.54. The van der Waals surface area contributed by atoms with Crippen molar-refractivity contribution in [1.82, 2.24) is 24.8 Å². The van der Waals surface area contributed by atoms with Crippen LogP contribution in [-0.2, 0) is 6.42 Å². The number of nitrogens with zero attached hydrogens (tertiary/aromatic N) is 4. The SMILES string of the molecule is CNc1ncnc2c1ccn2C1CCC(CN(CCCNCCc2cccc(Oc3ccccc3)c2)CC2CC2)C1. The molecule has 2 N–H and O–H groups in total. The summed E-state index contributed by atoms with van der Waals surface area (Å²) < 4.78 is 8.40. The van der Waals surface area contributed by atoms with Crippen LogP contribution in [0.15, 0.2) is 73.2 Å². The second-order valence-corrected chi connectivity index (χ2v) is 11.9. The van der Waals surface area contributed by atoms with Crippen molar-refractivity contribution in [3.05, 3.63) is 78.8 Å². The third-order valence-corrected chi connectivity index (χ3v) is 8.68. The number of anilines is 1. The molecule has 7 nitrogen and oxygen atoms in total. The second-order valence-electron chi connectivity index (χ2n) is 11.9. The molecule has 216 valence electrons. The van der Waals surface area contributed by atoms with Crippen LogP contribution in [0.3, 0.4) is 0 Å². The van der Waals surface area contributed by atoms with Crippen molar-refractivity contribution in [3.63, 3.8) is 0 Å². The molecule has 0 spiro atoms. The number of benzene rings is 2. The molecule has 4 aromatic rings. The van der Waals surface area contributed by atoms with Gasteiger partial charge in [-0.25, -0.2) is 9.97 Å². The maximum atomic E-state index is 6.00. The molecule has 2 aromatic heterocycles. The van der Waals surface area contributed by atoms with Gasteiger partial charge in [0.05, 0.1) is 5.39 Å². The van der Waals surface area contributed by atoms with Gasteiger partial charge in [-0.1, -0.05) is 30.3 Å². The van der Waals surface area contributed by atoms with Crippen molar-refractivity contribution in [2.75, 3.05) is 45.1 Å². The first-order valence-corrected chi connectivity index (χ1v) is 15.5. The zero-order valence-electron chi connectivity index (χ0n) is 24.3. The highest BCUT2D eigenvalue weighted by atomic mass is 16.5. The lowest BCUT2D eigenvalue weighted by Gasteiger charge is -2.26. The molecule has 0 bridgehead atoms. The lowest BCUT2D eigenvalue weighted by molar-refractivity contribution is 0.218. The van der Waals surface area contributed by atoms with Crippen LogP contribution in [-0.4, -0.2) is 59.2 Å². The first-order chi connectivity index (χ1) is 20.2. The molecule has 6 rings (SSSR count). The summed E-state index contributed by atoms with van der Waals surface area (Å²) in [6.07, 6.45) is 12.7. The minimum absolute atomic E-state index is 0.540. The summed E-state index contributed by atoms with van der Waals surface area (Å²) in [6.45, 7) is 5.76. The third kappa shape index (κ3) is 7.46. The topological polar surface area (TPSA) is 67.2 Å². The van der Waals surface area contributed by atoms with Crippen molar-refractivity contribution in [1.29, 1.82) is 0 Å². The Morgan fingerprint density at radius 1 is 0.902 bits per heavy atom. The first kappa shape index (κ1) is 27.7. The zero-order valence-corrected chi connectivity index (χ0v) is 24.3. The molecule has 2 aromatic carbocycles. The Morgan fingerprint density at radius 3 is 2.59 bits per heavy atom. The van der Waals surface area contributed by atoms with Gasteiger partial charge >= 0.3 is 0 Å². The smallest absolute Gasteiger partial charge is 0.145 e. The van der Waals surface area contributed by atoms with E-state index in [2.05, 4.69) is 60.5 Å². The fourth-order valence-corrected chi connectivity index (χ4v) is 6.39. The van der Waals surface area contributed by atoms with Gasteiger partial charge in [0.25, 0.3) is 0 Å². The van der Waals surface area contributed by atoms with Crippen LogP contribution in [0.2, 0.25) is 0 Å². The number of aromatic nitrogens is 3. The molecule has 0 radical (unpaired) electrons. The van der Waals surface area contributed by atoms with Crippen LogP contribution in [0, 0.1) is 11.8 Å². The standard InChI is InChI=1S/C34H44N6O/c1-35-33-32-16-20-40(34(32)38-25-37-33)29-14-13-28(21-29)24-39(23-27-11-12-27)19-6-17-36-18-15-26-7-5-10-31(22-26)41-30-8-3-2-4-9-30/h2-5,7-10,16,20,22,25,27-29,36H,6,11-15,17-19,21,23-24H2,1H3,(H,35,37,38). The van der Waals surface area contributed by atoms with Crippen molar-refractivity contribution in [3.8, 4) is 11.5 Å². The monoisotopic (exact) mass is 552 g/mol. The van der Waals surface area contributed by atoms with Crippen LogP contribution in [0.5, 0.6) is 11.5 Å². The highest BCUT2D eigenvalue weighted by Crippen LogP contribution is 2.38. The summed E-state index contributed by atoms with van der Waals surface area (Å²) >= 11 is 0. The lowest BCUT2D eigenvalue weighted by Crippen LogP contribution is -2.33. The number of para-hydroxylation sites is 1. The molecule has 2 fully saturated rings. The summed E-state index contributed by atoms with van der Waals surface area (Å²) in [7, 11) is 1.93. The van der Waals surface area contributed by atoms with Gasteiger partial charge in [-0.05, 0) is 112 Å². The summed E-state index contributed by atoms with van der Waals surface area (Å²) in [6, 6.07) is 21.2. The Morgan fingerprint density at radius 2 is 1.73 bits per heavy atom. The van der Waals surface area contributed by atoms with E-state index in [9.17, 15) is 0 Å². The minimum atomic E-state index is 0.540. The average Bonchev–Trinajstić information content (AvgIpc) is 3.51. The molecule has 2 unspecified atom stereocenters. The number of ether oxygens (including phenoxy) is 1. The van der Waals surface area contributed by atoms with Crippen molar-refractivity contribution < 1.29 is 4.74 Å². The summed E-state index contributed by atoms with van der Waals surface area (Å²) in [5.41, 5.74) is 2.37. The third-order valence-electron chi connectivity index (χ3n) is 8.68. The highest BCUT2D eigenvalue weighted by Gasteiger charge is 2.30. The Labute approximate surface area is 244 Å². The van der Waals surface area contributed by atoms with E-state index in [1.807, 2.05) is 43.4 Å². The molecule has 2 atom stereocenters. The van der Waals surface area contributed by atoms with Gasteiger partial charge in [0.2, 0.25) is 0 Å². The van der Waals surface area contributed by atoms with Gasteiger partial charge in [-0.2, -0.15) is 0 Å². The maximum absolute atomic E-state index is 6.00. The average molecular weight is 553 g/mol. The molecule has 2 heterocycles. The fourth-order valence-electron chi connectivity index (χ4n) is 6.39. The zero-order chi connectivity index (χ0) is 27.9. The van der Waals surface area contributed by atoms with E-state index in [1.54, 1.807) is 6.33 Å². The van der Waals surface area contributed by atoms with Crippen LogP contribution >= 0.6 is 0 Å². The van der Waals surface area contributed by atoms with E-state index in [1.165, 1.54) is 63.7 Å². The Bertz CT molecular complexity index is 1380. The largest absolute Gasteiger partial charge is 0.457 e. The van der Waals surface area contributed by atoms with E-state index in [0.29, 0.717) is 6.04 Å². The highest BCUT2D eigenvalue weighted by molar-refractivity contribution is 5.87. The number of rotatable bonds is 15. The maximum Gasteiger partial charge on any atom is 0.145 e. The lowest BCUT2D eigenvalue weighted by atomic mass is 10.1. The molecule has 0 amide bonds. The van der Waals surface area contributed by atoms with E-state index in [0.717, 1.165) is 59.7 Å². The van der Waals surface area contributed by atoms with Gasteiger partial charge in [0, 0.05) is 32.4 Å². The summed E-state index contributed by atoms with van der Waals surface area (Å²) in [5, 5.41) is 8.01. The van der Waals surface area contributed by atoms with Crippen LogP contribution in [0.4, 0.5) is 5.82 Å². The molecule has 2 saturated carbocycles. The Hall–Kier alpha value is -3.42. The number of hydrogen-bond acceptors (Lipinski definition) is 6. The van der Waals surface area contributed by atoms with Crippen LogP contribution < -0.4 is 15.4 Å². The van der Waals surface area contributed by atoms with Crippen molar-refractivity contribution in [2.45, 2.75) is 51.0 Å². The summed E-state index contributed by atoms with van der Waals surface area (Å²) in [5.74, 6) is 4.39. The fraction of sp³-hybridized carbons (Fsp3) is 0.471. The second kappa shape index (κ2) is 13.5. The minimum Gasteiger partial charge on any atom is -0.457 e. The summed E-state index contributed by atoms with van der Waals surface area (Å²) in [4.78, 5) is 11.8. The predicted molar refractivity (Wildman–Crippen MR) is 167 cm³/mol. The Balaban J connectivity index is 0.936. The molecule has 0 aliphatic heterocycles. The van der Waals surface area contributed by atoms with Crippen LogP contribution in [0.1, 0.15) is 50.1 Å². The number of hydrogen-bond donors (Lipinski definition) is 2. The van der Waals surface area contributed by atoms with Gasteiger partial charge in [0.15, 0.2) is 0 Å². The van der Waals surface area contributed by atoms with E-state index >= 15 is 0 Å². The van der Waals surface area contributed by atoms with Gasteiger partial charge < -0.3 is 24.8 Å². The van der Waals surface area contributed by atoms with Crippen molar-refractivity contribution >= 4 is 16.9 Å². The van der Waals surface area contributed by atoms with Gasteiger partial charge in [-0.15, -0.1) is 0 Å². The molecule has 0 saturated heterocycles. The molecule has 2 aliphatic carbocycles. The van der Waals surface area contributed by atoms with Gasteiger partial charge in [-0.3, -0.25) is 0 Å².